The van der Waals surface area contributed by atoms with Gasteiger partial charge in [0.15, 0.2) is 0 Å². The Kier molecular flexibility index (Phi) is 6.07. The van der Waals surface area contributed by atoms with Gasteiger partial charge in [-0.05, 0) is 12.8 Å². The quantitative estimate of drug-likeness (QED) is 0.442. The number of hydrogen-bond donors (Lipinski definition) is 3. The highest BCUT2D eigenvalue weighted by Crippen LogP contribution is 2.22. The summed E-state index contributed by atoms with van der Waals surface area (Å²) in [6.07, 6.45) is 2.88. The van der Waals surface area contributed by atoms with Crippen molar-refractivity contribution in [2.75, 3.05) is 13.6 Å². The van der Waals surface area contributed by atoms with E-state index in [9.17, 15) is 14.7 Å². The van der Waals surface area contributed by atoms with E-state index in [0.717, 1.165) is 19.3 Å². The average Bonchev–Trinajstić information content (AvgIpc) is 2.55. The minimum absolute atomic E-state index is 0.0246. The lowest BCUT2D eigenvalue weighted by atomic mass is 10.1. The zero-order chi connectivity index (χ0) is 13.5. The Morgan fingerprint density at radius 1 is 1.44 bits per heavy atom. The highest BCUT2D eigenvalue weighted by Gasteiger charge is 2.34. The van der Waals surface area contributed by atoms with Crippen LogP contribution in [0.2, 0.25) is 0 Å². The third-order valence-electron chi connectivity index (χ3n) is 3.20. The first-order valence-corrected chi connectivity index (χ1v) is 6.50. The van der Waals surface area contributed by atoms with Crippen molar-refractivity contribution >= 4 is 11.8 Å². The molecule has 0 spiro atoms. The number of carbonyl (C=O) groups excluding carboxylic acids is 2. The van der Waals surface area contributed by atoms with Crippen molar-refractivity contribution in [3.63, 3.8) is 0 Å². The van der Waals surface area contributed by atoms with Crippen molar-refractivity contribution in [3.05, 3.63) is 0 Å². The lowest BCUT2D eigenvalue weighted by Crippen LogP contribution is -2.34. The molecular weight excluding hydrogens is 234 g/mol. The Bertz CT molecular complexity index is 296. The van der Waals surface area contributed by atoms with Crippen LogP contribution in [0.1, 0.15) is 39.0 Å². The molecule has 6 heteroatoms. The Morgan fingerprint density at radius 3 is 2.72 bits per heavy atom. The number of hydrogen-bond acceptors (Lipinski definition) is 4. The summed E-state index contributed by atoms with van der Waals surface area (Å²) in [7, 11) is 1.65. The number of rotatable bonds is 7. The van der Waals surface area contributed by atoms with Crippen LogP contribution in [0.25, 0.3) is 0 Å². The zero-order valence-corrected chi connectivity index (χ0v) is 11.1. The minimum atomic E-state index is -0.625. The van der Waals surface area contributed by atoms with Crippen molar-refractivity contribution in [3.8, 4) is 0 Å². The van der Waals surface area contributed by atoms with Crippen LogP contribution in [-0.2, 0) is 9.59 Å². The number of hydrazine groups is 1. The molecule has 2 unspecified atom stereocenters. The average molecular weight is 257 g/mol. The van der Waals surface area contributed by atoms with E-state index in [1.54, 1.807) is 11.9 Å². The summed E-state index contributed by atoms with van der Waals surface area (Å²) in [5.74, 6) is -0.0553. The molecular formula is C12H23N3O3. The number of unbranched alkanes of at least 4 members (excludes halogenated alkanes) is 2. The second-order valence-corrected chi connectivity index (χ2v) is 4.76. The first-order valence-electron chi connectivity index (χ1n) is 6.50. The van der Waals surface area contributed by atoms with Crippen LogP contribution in [0.3, 0.4) is 0 Å². The SMILES string of the molecule is CNNC(=O)CCCCCN1C(=O)C(C)CC1O. The van der Waals surface area contributed by atoms with Gasteiger partial charge in [-0.3, -0.25) is 15.0 Å². The van der Waals surface area contributed by atoms with E-state index in [1.807, 2.05) is 6.92 Å². The summed E-state index contributed by atoms with van der Waals surface area (Å²) in [6, 6.07) is 0. The molecule has 104 valence electrons. The van der Waals surface area contributed by atoms with E-state index < -0.39 is 6.23 Å². The molecule has 0 bridgehead atoms. The molecule has 1 heterocycles. The molecule has 3 N–H and O–H groups in total. The predicted octanol–water partition coefficient (Wildman–Crippen LogP) is -0.0158. The summed E-state index contributed by atoms with van der Waals surface area (Å²) in [4.78, 5) is 24.3. The molecule has 1 aliphatic heterocycles. The number of aliphatic hydroxyl groups is 1. The van der Waals surface area contributed by atoms with Gasteiger partial charge in [0.1, 0.15) is 6.23 Å². The number of nitrogens with one attached hydrogen (secondary N) is 2. The van der Waals surface area contributed by atoms with E-state index in [1.165, 1.54) is 0 Å². The maximum Gasteiger partial charge on any atom is 0.234 e. The van der Waals surface area contributed by atoms with Crippen molar-refractivity contribution in [1.82, 2.24) is 15.8 Å². The molecule has 1 saturated heterocycles. The zero-order valence-electron chi connectivity index (χ0n) is 11.1. The van der Waals surface area contributed by atoms with Gasteiger partial charge in [0.25, 0.3) is 0 Å². The lowest BCUT2D eigenvalue weighted by molar-refractivity contribution is -0.135. The monoisotopic (exact) mass is 257 g/mol. The van der Waals surface area contributed by atoms with Gasteiger partial charge in [0.2, 0.25) is 11.8 Å². The highest BCUT2D eigenvalue weighted by molar-refractivity contribution is 5.80. The molecule has 0 aromatic rings. The fourth-order valence-corrected chi connectivity index (χ4v) is 2.18. The topological polar surface area (TPSA) is 81.7 Å². The number of carbonyl (C=O) groups is 2. The van der Waals surface area contributed by atoms with Gasteiger partial charge in [-0.15, -0.1) is 0 Å². The van der Waals surface area contributed by atoms with E-state index in [2.05, 4.69) is 10.9 Å². The molecule has 1 fully saturated rings. The van der Waals surface area contributed by atoms with Gasteiger partial charge in [-0.2, -0.15) is 0 Å². The van der Waals surface area contributed by atoms with Gasteiger partial charge < -0.3 is 10.0 Å². The molecule has 1 aliphatic rings. The van der Waals surface area contributed by atoms with Crippen molar-refractivity contribution in [1.29, 1.82) is 0 Å². The van der Waals surface area contributed by atoms with Crippen LogP contribution >= 0.6 is 0 Å². The van der Waals surface area contributed by atoms with Gasteiger partial charge >= 0.3 is 0 Å². The Balaban J connectivity index is 2.11. The maximum atomic E-state index is 11.7. The first kappa shape index (κ1) is 14.9. The molecule has 2 atom stereocenters. The van der Waals surface area contributed by atoms with Crippen LogP contribution in [0, 0.1) is 5.92 Å². The molecule has 2 amide bonds. The Labute approximate surface area is 108 Å². The number of likely N-dealkylation sites (tertiary alicyclic amines) is 1. The predicted molar refractivity (Wildman–Crippen MR) is 67.2 cm³/mol. The smallest absolute Gasteiger partial charge is 0.234 e. The fourth-order valence-electron chi connectivity index (χ4n) is 2.18. The van der Waals surface area contributed by atoms with Crippen LogP contribution < -0.4 is 10.9 Å². The molecule has 0 aromatic carbocycles. The molecule has 18 heavy (non-hydrogen) atoms. The number of aliphatic hydroxyl groups excluding tert-OH is 1. The van der Waals surface area contributed by atoms with Crippen LogP contribution in [0.5, 0.6) is 0 Å². The van der Waals surface area contributed by atoms with Crippen LogP contribution in [-0.4, -0.2) is 41.6 Å². The van der Waals surface area contributed by atoms with E-state index in [0.29, 0.717) is 19.4 Å². The third kappa shape index (κ3) is 4.27. The fraction of sp³-hybridized carbons (Fsp3) is 0.833. The minimum Gasteiger partial charge on any atom is -0.374 e. The van der Waals surface area contributed by atoms with Gasteiger partial charge in [-0.1, -0.05) is 13.3 Å². The largest absolute Gasteiger partial charge is 0.374 e. The van der Waals surface area contributed by atoms with E-state index in [-0.39, 0.29) is 17.7 Å². The van der Waals surface area contributed by atoms with Gasteiger partial charge in [0.05, 0.1) is 0 Å². The molecule has 1 rings (SSSR count). The molecule has 0 aliphatic carbocycles. The van der Waals surface area contributed by atoms with E-state index in [4.69, 9.17) is 0 Å². The first-order chi connectivity index (χ1) is 8.56. The maximum absolute atomic E-state index is 11.7. The standard InChI is InChI=1S/C12H23N3O3/c1-9-8-11(17)15(12(9)18)7-5-3-4-6-10(16)14-13-2/h9,11,13,17H,3-8H2,1-2H3,(H,14,16). The summed E-state index contributed by atoms with van der Waals surface area (Å²) >= 11 is 0. The third-order valence-corrected chi connectivity index (χ3v) is 3.20. The molecule has 0 saturated carbocycles. The van der Waals surface area contributed by atoms with E-state index >= 15 is 0 Å². The summed E-state index contributed by atoms with van der Waals surface area (Å²) in [5, 5.41) is 9.68. The van der Waals surface area contributed by atoms with Crippen LogP contribution in [0.4, 0.5) is 0 Å². The van der Waals surface area contributed by atoms with Crippen molar-refractivity contribution < 1.29 is 14.7 Å². The number of nitrogens with zero attached hydrogens (tertiary/aromatic N) is 1. The number of amides is 2. The normalized spacial score (nSPS) is 23.5. The summed E-state index contributed by atoms with van der Waals surface area (Å²) in [6.45, 7) is 2.42. The Hall–Kier alpha value is -1.14. The van der Waals surface area contributed by atoms with Gasteiger partial charge in [0, 0.05) is 32.4 Å². The lowest BCUT2D eigenvalue weighted by Gasteiger charge is -2.20. The molecule has 0 aromatic heterocycles. The Morgan fingerprint density at radius 2 is 2.17 bits per heavy atom. The summed E-state index contributed by atoms with van der Waals surface area (Å²) in [5.41, 5.74) is 5.09. The second-order valence-electron chi connectivity index (χ2n) is 4.76. The van der Waals surface area contributed by atoms with Crippen molar-refractivity contribution in [2.45, 2.75) is 45.3 Å². The van der Waals surface area contributed by atoms with Crippen LogP contribution in [0.15, 0.2) is 0 Å². The molecule has 6 nitrogen and oxygen atoms in total. The highest BCUT2D eigenvalue weighted by atomic mass is 16.3. The molecule has 0 radical (unpaired) electrons. The van der Waals surface area contributed by atoms with Gasteiger partial charge in [-0.25, -0.2) is 5.43 Å². The summed E-state index contributed by atoms with van der Waals surface area (Å²) < 4.78 is 0. The second kappa shape index (κ2) is 7.33. The van der Waals surface area contributed by atoms with Crippen molar-refractivity contribution in [2.24, 2.45) is 5.92 Å².